The van der Waals surface area contributed by atoms with Crippen LogP contribution in [0, 0.1) is 19.3 Å². The van der Waals surface area contributed by atoms with E-state index in [1.807, 2.05) is 13.0 Å². The fourth-order valence-electron chi connectivity index (χ4n) is 0.948. The van der Waals surface area contributed by atoms with Gasteiger partial charge in [0.25, 0.3) is 0 Å². The molecule has 13 heavy (non-hydrogen) atoms. The minimum Gasteiger partial charge on any atom is -0.690 e. The van der Waals surface area contributed by atoms with Crippen LogP contribution in [0.4, 0.5) is 5.69 Å². The topological polar surface area (TPSA) is 35.2 Å². The van der Waals surface area contributed by atoms with Crippen molar-refractivity contribution in [1.29, 1.82) is 0 Å². The van der Waals surface area contributed by atoms with Crippen molar-refractivity contribution in [3.05, 3.63) is 30.2 Å². The van der Waals surface area contributed by atoms with Crippen LogP contribution in [0.25, 0.3) is 0 Å². The molecule has 1 aromatic carbocycles. The summed E-state index contributed by atoms with van der Waals surface area (Å²) in [5.41, 5.74) is 7.25. The average molecular weight is 249 g/mol. The van der Waals surface area contributed by atoms with E-state index in [9.17, 15) is 0 Å². The smallest absolute Gasteiger partial charge is 0.123 e. The van der Waals surface area contributed by atoms with Gasteiger partial charge in [-0.1, -0.05) is 0 Å². The van der Waals surface area contributed by atoms with Gasteiger partial charge in [-0.25, -0.2) is 0 Å². The number of nitrogens with two attached hydrogens (primary N) is 1. The van der Waals surface area contributed by atoms with Crippen molar-refractivity contribution in [3.8, 4) is 11.7 Å². The molecular formula is C10H10NOY-. The van der Waals surface area contributed by atoms with Crippen molar-refractivity contribution in [2.45, 2.75) is 6.92 Å². The molecule has 0 aromatic heterocycles. The van der Waals surface area contributed by atoms with E-state index in [2.05, 4.69) is 5.92 Å². The third-order valence-corrected chi connectivity index (χ3v) is 1.50. The van der Waals surface area contributed by atoms with Crippen LogP contribution in [0.2, 0.25) is 0 Å². The number of hydrogen-bond acceptors (Lipinski definition) is 2. The Labute approximate surface area is 104 Å². The molecule has 2 nitrogen and oxygen atoms in total. The van der Waals surface area contributed by atoms with Gasteiger partial charge in [-0.2, -0.15) is 0 Å². The molecule has 1 rings (SSSR count). The molecule has 0 fully saturated rings. The minimum atomic E-state index is 0. The van der Waals surface area contributed by atoms with E-state index in [4.69, 9.17) is 16.9 Å². The second-order valence-corrected chi connectivity index (χ2v) is 2.49. The molecule has 1 radical (unpaired) electrons. The van der Waals surface area contributed by atoms with Gasteiger partial charge < -0.3 is 22.8 Å². The van der Waals surface area contributed by atoms with Gasteiger partial charge in [0.15, 0.2) is 0 Å². The maximum atomic E-state index is 6.67. The van der Waals surface area contributed by atoms with Crippen LogP contribution in [0.1, 0.15) is 5.56 Å². The molecule has 0 saturated heterocycles. The summed E-state index contributed by atoms with van der Waals surface area (Å²) < 4.78 is 5.19. The van der Waals surface area contributed by atoms with Crippen molar-refractivity contribution < 1.29 is 37.4 Å². The molecular weight excluding hydrogens is 239 g/mol. The van der Waals surface area contributed by atoms with Gasteiger partial charge in [0.05, 0.1) is 0 Å². The Morgan fingerprint density at radius 3 is 2.77 bits per heavy atom. The Bertz CT molecular complexity index is 317. The average Bonchev–Trinajstić information content (AvgIpc) is 2.03. The maximum absolute atomic E-state index is 6.67. The molecule has 0 atom stereocenters. The number of aryl methyl sites for hydroxylation is 1. The fourth-order valence-corrected chi connectivity index (χ4v) is 0.948. The largest absolute Gasteiger partial charge is 0.690 e. The van der Waals surface area contributed by atoms with Crippen LogP contribution >= 0.6 is 0 Å². The van der Waals surface area contributed by atoms with E-state index in [0.717, 1.165) is 17.0 Å². The van der Waals surface area contributed by atoms with E-state index in [-0.39, 0.29) is 39.3 Å². The van der Waals surface area contributed by atoms with Crippen molar-refractivity contribution in [2.24, 2.45) is 0 Å². The minimum absolute atomic E-state index is 0. The van der Waals surface area contributed by atoms with Gasteiger partial charge in [0, 0.05) is 38.4 Å². The zero-order chi connectivity index (χ0) is 8.97. The maximum Gasteiger partial charge on any atom is 0.123 e. The number of ether oxygens (including phenoxy) is 1. The second-order valence-electron chi connectivity index (χ2n) is 2.49. The normalized spacial score (nSPS) is 8.31. The molecule has 0 saturated carbocycles. The third kappa shape index (κ3) is 3.80. The molecule has 2 N–H and O–H groups in total. The van der Waals surface area contributed by atoms with Gasteiger partial charge in [-0.3, -0.25) is 0 Å². The van der Waals surface area contributed by atoms with Crippen molar-refractivity contribution in [1.82, 2.24) is 0 Å². The van der Waals surface area contributed by atoms with Crippen LogP contribution in [0.15, 0.2) is 18.2 Å². The first-order chi connectivity index (χ1) is 5.74. The van der Waals surface area contributed by atoms with Crippen LogP contribution in [-0.2, 0) is 32.7 Å². The first kappa shape index (κ1) is 12.5. The molecule has 0 amide bonds. The fraction of sp³-hybridized carbons (Fsp3) is 0.200. The molecule has 65 valence electrons. The predicted octanol–water partition coefficient (Wildman–Crippen LogP) is 1.54. The van der Waals surface area contributed by atoms with Gasteiger partial charge >= 0.3 is 0 Å². The van der Waals surface area contributed by atoms with Gasteiger partial charge in [0.2, 0.25) is 0 Å². The summed E-state index contributed by atoms with van der Waals surface area (Å²) in [6, 6.07) is 5.40. The van der Waals surface area contributed by atoms with Crippen molar-refractivity contribution >= 4 is 5.69 Å². The number of nitrogen functional groups attached to an aromatic ring is 1. The zero-order valence-corrected chi connectivity index (χ0v) is 10.3. The Kier molecular flexibility index (Phi) is 5.78. The van der Waals surface area contributed by atoms with E-state index in [1.54, 1.807) is 12.1 Å². The van der Waals surface area contributed by atoms with E-state index in [0.29, 0.717) is 0 Å². The Morgan fingerprint density at radius 1 is 1.54 bits per heavy atom. The Balaban J connectivity index is 0.00000144. The summed E-state index contributed by atoms with van der Waals surface area (Å²) >= 11 is 0. The predicted molar refractivity (Wildman–Crippen MR) is 48.2 cm³/mol. The summed E-state index contributed by atoms with van der Waals surface area (Å²) in [6.07, 6.45) is 6.67. The van der Waals surface area contributed by atoms with Gasteiger partial charge in [0.1, 0.15) is 12.4 Å². The Hall–Kier alpha value is -0.516. The summed E-state index contributed by atoms with van der Waals surface area (Å²) in [5.74, 6) is 2.91. The standard InChI is InChI=1S/C10H10NO.Y/c1-3-6-12-10-5-4-9(11)7-8(10)2;/h4-5,7H,6,11H2,2H3;/q-1;. The number of benzene rings is 1. The summed E-state index contributed by atoms with van der Waals surface area (Å²) in [4.78, 5) is 0. The summed E-state index contributed by atoms with van der Waals surface area (Å²) in [5, 5.41) is 0. The van der Waals surface area contributed by atoms with Gasteiger partial charge in [-0.05, 0) is 30.7 Å². The van der Waals surface area contributed by atoms with Crippen LogP contribution in [0.5, 0.6) is 5.75 Å². The first-order valence-electron chi connectivity index (χ1n) is 3.62. The molecule has 0 aliphatic rings. The molecule has 1 aromatic rings. The summed E-state index contributed by atoms with van der Waals surface area (Å²) in [7, 11) is 0. The quantitative estimate of drug-likeness (QED) is 0.490. The van der Waals surface area contributed by atoms with Crippen molar-refractivity contribution in [2.75, 3.05) is 12.3 Å². The SMILES string of the molecule is [C-]#CCOc1ccc(N)cc1C.[Y]. The van der Waals surface area contributed by atoms with Gasteiger partial charge in [-0.15, -0.1) is 0 Å². The Morgan fingerprint density at radius 2 is 2.23 bits per heavy atom. The molecule has 0 aliphatic carbocycles. The monoisotopic (exact) mass is 249 g/mol. The van der Waals surface area contributed by atoms with E-state index < -0.39 is 0 Å². The number of anilines is 1. The molecule has 0 heterocycles. The third-order valence-electron chi connectivity index (χ3n) is 1.50. The van der Waals surface area contributed by atoms with Crippen molar-refractivity contribution in [3.63, 3.8) is 0 Å². The summed E-state index contributed by atoms with van der Waals surface area (Å²) in [6.45, 7) is 2.10. The molecule has 0 aliphatic heterocycles. The molecule has 3 heteroatoms. The molecule has 0 bridgehead atoms. The first-order valence-corrected chi connectivity index (χ1v) is 3.62. The number of hydrogen-bond donors (Lipinski definition) is 1. The van der Waals surface area contributed by atoms with E-state index in [1.165, 1.54) is 0 Å². The van der Waals surface area contributed by atoms with Crippen LogP contribution < -0.4 is 10.5 Å². The molecule has 0 unspecified atom stereocenters. The number of rotatable bonds is 2. The zero-order valence-electron chi connectivity index (χ0n) is 7.50. The molecule has 0 spiro atoms. The van der Waals surface area contributed by atoms with Crippen LogP contribution in [0.3, 0.4) is 0 Å². The van der Waals surface area contributed by atoms with E-state index >= 15 is 0 Å². The van der Waals surface area contributed by atoms with Crippen LogP contribution in [-0.4, -0.2) is 6.61 Å². The second kappa shape index (κ2) is 6.02.